The predicted octanol–water partition coefficient (Wildman–Crippen LogP) is 7.30. The summed E-state index contributed by atoms with van der Waals surface area (Å²) in [5.41, 5.74) is 1.59. The minimum Gasteiger partial charge on any atom is -0.479 e. The molecular formula is C35H45Cl2N3O5. The van der Waals surface area contributed by atoms with E-state index >= 15 is 0 Å². The first kappa shape index (κ1) is 34.9. The van der Waals surface area contributed by atoms with Crippen molar-refractivity contribution >= 4 is 46.7 Å². The van der Waals surface area contributed by atoms with Gasteiger partial charge in [-0.1, -0.05) is 76.9 Å². The lowest BCUT2D eigenvalue weighted by Gasteiger charge is -2.47. The fraction of sp³-hybridized carbons (Fsp3) is 0.543. The molecule has 0 aromatic heterocycles. The van der Waals surface area contributed by atoms with Crippen LogP contribution in [0.15, 0.2) is 47.5 Å². The average Bonchev–Trinajstić information content (AvgIpc) is 3.21. The predicted molar refractivity (Wildman–Crippen MR) is 178 cm³/mol. The number of hydrogen-bond acceptors (Lipinski definition) is 5. The van der Waals surface area contributed by atoms with E-state index in [2.05, 4.69) is 46.9 Å². The van der Waals surface area contributed by atoms with Crippen LogP contribution >= 0.6 is 23.2 Å². The largest absolute Gasteiger partial charge is 0.479 e. The number of carbonyl (C=O) groups is 3. The van der Waals surface area contributed by atoms with Crippen LogP contribution in [0.4, 0.5) is 0 Å². The van der Waals surface area contributed by atoms with Gasteiger partial charge >= 0.3 is 5.97 Å². The Morgan fingerprint density at radius 3 is 2.11 bits per heavy atom. The molecule has 1 spiro atoms. The highest BCUT2D eigenvalue weighted by atomic mass is 35.5. The van der Waals surface area contributed by atoms with Gasteiger partial charge in [-0.05, 0) is 91.2 Å². The van der Waals surface area contributed by atoms with Crippen LogP contribution in [0.5, 0.6) is 0 Å². The van der Waals surface area contributed by atoms with Crippen molar-refractivity contribution in [1.29, 1.82) is 0 Å². The third-order valence-electron chi connectivity index (χ3n) is 9.11. The van der Waals surface area contributed by atoms with Crippen LogP contribution in [0.3, 0.4) is 0 Å². The molecule has 1 aliphatic carbocycles. The molecule has 2 amide bonds. The van der Waals surface area contributed by atoms with Crippen LogP contribution in [0.25, 0.3) is 0 Å². The zero-order chi connectivity index (χ0) is 33.3. The second-order valence-electron chi connectivity index (χ2n) is 14.7. The smallest absolute Gasteiger partial charge is 0.334 e. The molecule has 244 valence electrons. The van der Waals surface area contributed by atoms with Crippen molar-refractivity contribution in [2.75, 3.05) is 6.54 Å². The van der Waals surface area contributed by atoms with Gasteiger partial charge in [-0.15, -0.1) is 0 Å². The Bertz CT molecular complexity index is 1430. The summed E-state index contributed by atoms with van der Waals surface area (Å²) in [5, 5.41) is 21.8. The zero-order valence-corrected chi connectivity index (χ0v) is 28.5. The lowest BCUT2D eigenvalue weighted by molar-refractivity contribution is -0.146. The number of hydrogen-bond donors (Lipinski definition) is 3. The van der Waals surface area contributed by atoms with E-state index in [0.29, 0.717) is 39.2 Å². The van der Waals surface area contributed by atoms with Gasteiger partial charge in [0.15, 0.2) is 6.10 Å². The maximum atomic E-state index is 14.6. The number of aliphatic carboxylic acids is 1. The quantitative estimate of drug-likeness (QED) is 0.261. The number of nitrogens with one attached hydrogen (secondary N) is 1. The molecule has 2 atom stereocenters. The lowest BCUT2D eigenvalue weighted by atomic mass is 9.69. The van der Waals surface area contributed by atoms with Gasteiger partial charge < -0.3 is 20.4 Å². The summed E-state index contributed by atoms with van der Waals surface area (Å²) in [6, 6.07) is 11.8. The highest BCUT2D eigenvalue weighted by molar-refractivity contribution is 6.47. The van der Waals surface area contributed by atoms with Crippen molar-refractivity contribution < 1.29 is 24.6 Å². The molecule has 1 aliphatic heterocycles. The standard InChI is InChI=1S/C35H45Cl2N3O5/c1-33(2,3)14-13-27(21-7-9-22(10-8-21)30(42)38-20-28(41)32(44)45)40-31(43)29(23-17-25(36)19-26(37)18-23)39-35(40)15-11-24(12-16-35)34(4,5)6/h7-10,17-19,24,27-28,41H,11-16,20H2,1-6H3,(H,38,42)(H,44,45)/t24?,27-,28-,35?/m1/s1. The first-order valence-electron chi connectivity index (χ1n) is 15.6. The SMILES string of the molecule is CC(C)(C)CC[C@H](c1ccc(C(=O)NC[C@@H](O)C(=O)O)cc1)N1C(=O)C(c2cc(Cl)cc(Cl)c2)=NC12CCC(C(C)(C)C)CC2. The number of benzene rings is 2. The molecule has 0 radical (unpaired) electrons. The minimum atomic E-state index is -1.69. The first-order valence-corrected chi connectivity index (χ1v) is 16.3. The van der Waals surface area contributed by atoms with Gasteiger partial charge in [0.05, 0.1) is 12.6 Å². The molecule has 2 aliphatic rings. The van der Waals surface area contributed by atoms with E-state index < -0.39 is 30.2 Å². The second kappa shape index (κ2) is 13.4. The van der Waals surface area contributed by atoms with Crippen molar-refractivity contribution in [3.05, 3.63) is 69.2 Å². The lowest BCUT2D eigenvalue weighted by Crippen LogP contribution is -2.51. The molecule has 2 aromatic rings. The number of carboxylic acids is 1. The molecule has 3 N–H and O–H groups in total. The maximum Gasteiger partial charge on any atom is 0.334 e. The Kier molecular flexibility index (Phi) is 10.4. The first-order chi connectivity index (χ1) is 20.9. The highest BCUT2D eigenvalue weighted by Gasteiger charge is 2.52. The molecule has 0 unspecified atom stereocenters. The Labute approximate surface area is 276 Å². The van der Waals surface area contributed by atoms with Crippen molar-refractivity contribution in [3.63, 3.8) is 0 Å². The molecule has 1 saturated carbocycles. The summed E-state index contributed by atoms with van der Waals surface area (Å²) in [6.45, 7) is 12.9. The summed E-state index contributed by atoms with van der Waals surface area (Å²) in [6.07, 6.45) is 3.18. The van der Waals surface area contributed by atoms with E-state index in [1.54, 1.807) is 30.3 Å². The third-order valence-corrected chi connectivity index (χ3v) is 9.55. The van der Waals surface area contributed by atoms with E-state index in [9.17, 15) is 19.5 Å². The monoisotopic (exact) mass is 657 g/mol. The number of amides is 2. The zero-order valence-electron chi connectivity index (χ0n) is 27.0. The van der Waals surface area contributed by atoms with Crippen LogP contribution in [-0.4, -0.2) is 56.9 Å². The highest BCUT2D eigenvalue weighted by Crippen LogP contribution is 2.50. The van der Waals surface area contributed by atoms with Crippen LogP contribution < -0.4 is 5.32 Å². The number of carboxylic acid groups (broad SMARTS) is 1. The fourth-order valence-corrected chi connectivity index (χ4v) is 7.00. The van der Waals surface area contributed by atoms with Crippen molar-refractivity contribution in [3.8, 4) is 0 Å². The van der Waals surface area contributed by atoms with Crippen LogP contribution in [0.2, 0.25) is 10.0 Å². The van der Waals surface area contributed by atoms with Gasteiger partial charge in [0.25, 0.3) is 11.8 Å². The molecule has 2 aromatic carbocycles. The molecule has 10 heteroatoms. The molecule has 0 bridgehead atoms. The van der Waals surface area contributed by atoms with Crippen molar-refractivity contribution in [1.82, 2.24) is 10.2 Å². The number of aliphatic hydroxyl groups excluding tert-OH is 1. The van der Waals surface area contributed by atoms with E-state index in [0.717, 1.165) is 37.7 Å². The molecule has 0 saturated heterocycles. The van der Waals surface area contributed by atoms with Crippen molar-refractivity contribution in [2.24, 2.45) is 21.7 Å². The van der Waals surface area contributed by atoms with E-state index in [-0.39, 0.29) is 22.8 Å². The van der Waals surface area contributed by atoms with Gasteiger partial charge in [-0.25, -0.2) is 4.79 Å². The second-order valence-corrected chi connectivity index (χ2v) is 15.6. The summed E-state index contributed by atoms with van der Waals surface area (Å²) in [5.74, 6) is -1.56. The van der Waals surface area contributed by atoms with Crippen LogP contribution in [0.1, 0.15) is 108 Å². The Hall–Kier alpha value is -2.94. The molecule has 1 fully saturated rings. The number of rotatable bonds is 9. The van der Waals surface area contributed by atoms with Gasteiger partial charge in [-0.3, -0.25) is 14.6 Å². The topological polar surface area (TPSA) is 119 Å². The minimum absolute atomic E-state index is 0.00699. The van der Waals surface area contributed by atoms with Gasteiger partial charge in [0, 0.05) is 21.2 Å². The number of halogens is 2. The normalized spacial score (nSPS) is 21.9. The Balaban J connectivity index is 1.74. The summed E-state index contributed by atoms with van der Waals surface area (Å²) >= 11 is 12.7. The summed E-state index contributed by atoms with van der Waals surface area (Å²) in [4.78, 5) is 45.4. The summed E-state index contributed by atoms with van der Waals surface area (Å²) < 4.78 is 0. The van der Waals surface area contributed by atoms with E-state index in [1.165, 1.54) is 0 Å². The number of nitrogens with zero attached hydrogens (tertiary/aromatic N) is 2. The van der Waals surface area contributed by atoms with Gasteiger partial charge in [-0.2, -0.15) is 0 Å². The number of carbonyl (C=O) groups excluding carboxylic acids is 2. The van der Waals surface area contributed by atoms with Gasteiger partial charge in [0.1, 0.15) is 11.4 Å². The van der Waals surface area contributed by atoms with E-state index in [4.69, 9.17) is 33.3 Å². The molecule has 8 nitrogen and oxygen atoms in total. The molecular weight excluding hydrogens is 613 g/mol. The van der Waals surface area contributed by atoms with Gasteiger partial charge in [0.2, 0.25) is 0 Å². The molecule has 1 heterocycles. The number of aliphatic hydroxyl groups is 1. The maximum absolute atomic E-state index is 14.6. The van der Waals surface area contributed by atoms with Crippen LogP contribution in [0, 0.1) is 16.7 Å². The van der Waals surface area contributed by atoms with Crippen molar-refractivity contribution in [2.45, 2.75) is 97.9 Å². The fourth-order valence-electron chi connectivity index (χ4n) is 6.47. The average molecular weight is 659 g/mol. The van der Waals surface area contributed by atoms with E-state index in [1.807, 2.05) is 17.0 Å². The number of aliphatic imine (C=N–C) groups is 1. The molecule has 45 heavy (non-hydrogen) atoms. The van der Waals surface area contributed by atoms with Crippen LogP contribution in [-0.2, 0) is 9.59 Å². The third kappa shape index (κ3) is 8.27. The Morgan fingerprint density at radius 2 is 1.60 bits per heavy atom. The molecule has 4 rings (SSSR count). The summed E-state index contributed by atoms with van der Waals surface area (Å²) in [7, 11) is 0. The Morgan fingerprint density at radius 1 is 1.02 bits per heavy atom.